The number of likely N-dealkylation sites (tertiary alicyclic amines) is 1. The van der Waals surface area contributed by atoms with Crippen molar-refractivity contribution in [1.29, 1.82) is 0 Å². The molecule has 1 aliphatic rings. The fourth-order valence-electron chi connectivity index (χ4n) is 2.44. The molecule has 19 heavy (non-hydrogen) atoms. The Kier molecular flexibility index (Phi) is 4.39. The summed E-state index contributed by atoms with van der Waals surface area (Å²) in [6.07, 6.45) is 0.377. The summed E-state index contributed by atoms with van der Waals surface area (Å²) in [6, 6.07) is 9.15. The van der Waals surface area contributed by atoms with Crippen LogP contribution in [0.1, 0.15) is 18.0 Å². The molecule has 0 aromatic heterocycles. The van der Waals surface area contributed by atoms with Crippen molar-refractivity contribution in [2.45, 2.75) is 12.5 Å². The van der Waals surface area contributed by atoms with Gasteiger partial charge in [-0.2, -0.15) is 0 Å². The highest BCUT2D eigenvalue weighted by molar-refractivity contribution is 5.79. The van der Waals surface area contributed by atoms with Gasteiger partial charge in [0.15, 0.2) is 0 Å². The van der Waals surface area contributed by atoms with Gasteiger partial charge in [0.2, 0.25) is 5.91 Å². The van der Waals surface area contributed by atoms with Crippen molar-refractivity contribution in [3.8, 4) is 0 Å². The quantitative estimate of drug-likeness (QED) is 0.497. The second-order valence-electron chi connectivity index (χ2n) is 4.64. The fraction of sp³-hybridized carbons (Fsp3) is 0.462. The van der Waals surface area contributed by atoms with E-state index in [9.17, 15) is 9.90 Å². The highest BCUT2D eigenvalue weighted by Crippen LogP contribution is 2.28. The Morgan fingerprint density at radius 1 is 1.47 bits per heavy atom. The topological polar surface area (TPSA) is 89.3 Å². The van der Waals surface area contributed by atoms with Crippen LogP contribution in [-0.4, -0.2) is 35.6 Å². The number of aliphatic hydroxyl groups is 1. The molecule has 0 spiro atoms. The Hall–Kier alpha value is -2.04. The molecule has 1 unspecified atom stereocenters. The summed E-state index contributed by atoms with van der Waals surface area (Å²) < 4.78 is 0. The molecule has 1 N–H and O–H groups in total. The van der Waals surface area contributed by atoms with Crippen molar-refractivity contribution >= 4 is 5.91 Å². The largest absolute Gasteiger partial charge is 0.394 e. The van der Waals surface area contributed by atoms with Gasteiger partial charge >= 0.3 is 0 Å². The van der Waals surface area contributed by atoms with E-state index in [-0.39, 0.29) is 24.5 Å². The number of hydrogen-bond donors (Lipinski definition) is 1. The van der Waals surface area contributed by atoms with E-state index in [0.29, 0.717) is 19.5 Å². The predicted molar refractivity (Wildman–Crippen MR) is 70.1 cm³/mol. The molecule has 0 aliphatic carbocycles. The number of carbonyl (C=O) groups excluding carboxylic acids is 1. The molecule has 1 heterocycles. The average molecular weight is 260 g/mol. The van der Waals surface area contributed by atoms with Crippen molar-refractivity contribution in [3.63, 3.8) is 0 Å². The number of benzene rings is 1. The van der Waals surface area contributed by atoms with Gasteiger partial charge in [-0.05, 0) is 17.0 Å². The van der Waals surface area contributed by atoms with Crippen LogP contribution in [0.5, 0.6) is 0 Å². The highest BCUT2D eigenvalue weighted by atomic mass is 16.3. The monoisotopic (exact) mass is 260 g/mol. The molecule has 1 aliphatic heterocycles. The number of azide groups is 1. The average Bonchev–Trinajstić information content (AvgIpc) is 2.80. The second kappa shape index (κ2) is 6.22. The lowest BCUT2D eigenvalue weighted by molar-refractivity contribution is -0.130. The smallest absolute Gasteiger partial charge is 0.223 e. The van der Waals surface area contributed by atoms with Crippen LogP contribution in [-0.2, 0) is 4.79 Å². The molecular weight excluding hydrogens is 244 g/mol. The van der Waals surface area contributed by atoms with Crippen LogP contribution in [0.15, 0.2) is 35.4 Å². The number of hydrogen-bond acceptors (Lipinski definition) is 3. The molecule has 1 aromatic rings. The van der Waals surface area contributed by atoms with Crippen LogP contribution in [0.4, 0.5) is 0 Å². The lowest BCUT2D eigenvalue weighted by atomic mass is 10.1. The van der Waals surface area contributed by atoms with Gasteiger partial charge in [-0.3, -0.25) is 4.79 Å². The number of amides is 1. The van der Waals surface area contributed by atoms with E-state index in [2.05, 4.69) is 10.0 Å². The zero-order valence-corrected chi connectivity index (χ0v) is 10.5. The van der Waals surface area contributed by atoms with Crippen molar-refractivity contribution in [1.82, 2.24) is 4.90 Å². The lowest BCUT2D eigenvalue weighted by Crippen LogP contribution is -2.32. The minimum atomic E-state index is -0.315. The first-order valence-corrected chi connectivity index (χ1v) is 6.22. The van der Waals surface area contributed by atoms with E-state index in [4.69, 9.17) is 5.53 Å². The Labute approximate surface area is 111 Å². The van der Waals surface area contributed by atoms with Gasteiger partial charge in [-0.25, -0.2) is 0 Å². The first kappa shape index (κ1) is 13.4. The van der Waals surface area contributed by atoms with Crippen LogP contribution in [0.25, 0.3) is 10.4 Å². The Bertz CT molecular complexity index is 485. The van der Waals surface area contributed by atoms with Crippen LogP contribution in [0, 0.1) is 5.92 Å². The Morgan fingerprint density at radius 2 is 2.21 bits per heavy atom. The van der Waals surface area contributed by atoms with E-state index in [1.165, 1.54) is 0 Å². The van der Waals surface area contributed by atoms with Crippen LogP contribution < -0.4 is 0 Å². The normalized spacial score (nSPS) is 20.2. The van der Waals surface area contributed by atoms with Crippen molar-refractivity contribution in [3.05, 3.63) is 46.3 Å². The fourth-order valence-corrected chi connectivity index (χ4v) is 2.44. The molecule has 2 atom stereocenters. The first-order valence-electron chi connectivity index (χ1n) is 6.22. The predicted octanol–water partition coefficient (Wildman–Crippen LogP) is 1.88. The van der Waals surface area contributed by atoms with Gasteiger partial charge in [0.05, 0.1) is 12.6 Å². The molecule has 100 valence electrons. The maximum absolute atomic E-state index is 12.0. The number of carbonyl (C=O) groups is 1. The molecule has 6 nitrogen and oxygen atoms in total. The lowest BCUT2D eigenvalue weighted by Gasteiger charge is -2.27. The van der Waals surface area contributed by atoms with Gasteiger partial charge in [0.25, 0.3) is 0 Å². The molecule has 1 aromatic carbocycles. The number of aliphatic hydroxyl groups excluding tert-OH is 1. The minimum Gasteiger partial charge on any atom is -0.394 e. The van der Waals surface area contributed by atoms with Gasteiger partial charge in [0, 0.05) is 24.4 Å². The molecule has 1 saturated heterocycles. The molecule has 2 rings (SSSR count). The molecule has 1 amide bonds. The SMILES string of the molecule is [N-]=[N+]=NCC1CC(=O)N([C@@H](CO)c2ccccc2)C1. The summed E-state index contributed by atoms with van der Waals surface area (Å²) in [6.45, 7) is 0.744. The molecular formula is C13H16N4O2. The summed E-state index contributed by atoms with van der Waals surface area (Å²) in [7, 11) is 0. The van der Waals surface area contributed by atoms with Gasteiger partial charge in [-0.1, -0.05) is 35.4 Å². The van der Waals surface area contributed by atoms with E-state index in [1.54, 1.807) is 4.90 Å². The van der Waals surface area contributed by atoms with E-state index in [0.717, 1.165) is 5.56 Å². The van der Waals surface area contributed by atoms with Crippen LogP contribution >= 0.6 is 0 Å². The summed E-state index contributed by atoms with van der Waals surface area (Å²) in [4.78, 5) is 16.4. The van der Waals surface area contributed by atoms with Gasteiger partial charge < -0.3 is 10.0 Å². The summed E-state index contributed by atoms with van der Waals surface area (Å²) >= 11 is 0. The first-order chi connectivity index (χ1) is 9.26. The Morgan fingerprint density at radius 3 is 2.84 bits per heavy atom. The molecule has 0 bridgehead atoms. The molecule has 0 saturated carbocycles. The maximum Gasteiger partial charge on any atom is 0.223 e. The maximum atomic E-state index is 12.0. The number of nitrogens with zero attached hydrogens (tertiary/aromatic N) is 4. The van der Waals surface area contributed by atoms with Crippen molar-refractivity contribution < 1.29 is 9.90 Å². The van der Waals surface area contributed by atoms with Gasteiger partial charge in [0.1, 0.15) is 0 Å². The van der Waals surface area contributed by atoms with E-state index in [1.807, 2.05) is 30.3 Å². The summed E-state index contributed by atoms with van der Waals surface area (Å²) in [5.41, 5.74) is 9.23. The third kappa shape index (κ3) is 3.05. The molecule has 0 radical (unpaired) electrons. The highest BCUT2D eigenvalue weighted by Gasteiger charge is 2.34. The zero-order valence-electron chi connectivity index (χ0n) is 10.5. The van der Waals surface area contributed by atoms with E-state index < -0.39 is 0 Å². The van der Waals surface area contributed by atoms with E-state index >= 15 is 0 Å². The molecule has 1 fully saturated rings. The summed E-state index contributed by atoms with van der Waals surface area (Å²) in [5, 5.41) is 13.1. The third-order valence-electron chi connectivity index (χ3n) is 3.38. The van der Waals surface area contributed by atoms with Crippen LogP contribution in [0.2, 0.25) is 0 Å². The van der Waals surface area contributed by atoms with Crippen LogP contribution in [0.3, 0.4) is 0 Å². The molecule has 6 heteroatoms. The zero-order chi connectivity index (χ0) is 13.7. The second-order valence-corrected chi connectivity index (χ2v) is 4.64. The minimum absolute atomic E-state index is 0.000966. The number of rotatable bonds is 5. The standard InChI is InChI=1S/C13H16N4O2/c14-16-15-7-10-6-13(19)17(8-10)12(9-18)11-4-2-1-3-5-11/h1-5,10,12,18H,6-9H2/t10?,12-/m0/s1. The van der Waals surface area contributed by atoms with Crippen molar-refractivity contribution in [2.75, 3.05) is 19.7 Å². The van der Waals surface area contributed by atoms with Gasteiger partial charge in [-0.15, -0.1) is 0 Å². The van der Waals surface area contributed by atoms with Crippen molar-refractivity contribution in [2.24, 2.45) is 11.0 Å². The summed E-state index contributed by atoms with van der Waals surface area (Å²) in [5.74, 6) is 0.0437. The third-order valence-corrected chi connectivity index (χ3v) is 3.38. The Balaban J connectivity index is 2.11.